The smallest absolute Gasteiger partial charge is 0.184 e. The first-order chi connectivity index (χ1) is 9.79. The Morgan fingerprint density at radius 1 is 1.10 bits per heavy atom. The first-order valence-corrected chi connectivity index (χ1v) is 8.69. The van der Waals surface area contributed by atoms with Crippen molar-refractivity contribution in [2.45, 2.75) is 30.4 Å². The number of benzene rings is 2. The summed E-state index contributed by atoms with van der Waals surface area (Å²) in [7, 11) is -3.48. The second-order valence-electron chi connectivity index (χ2n) is 5.34. The van der Waals surface area contributed by atoms with Crippen LogP contribution in [0.25, 0.3) is 0 Å². The van der Waals surface area contributed by atoms with E-state index in [1.54, 1.807) is 0 Å². The molecule has 112 valence electrons. The van der Waals surface area contributed by atoms with Gasteiger partial charge >= 0.3 is 0 Å². The molecular weight excluding hydrogens is 306 g/mol. The maximum atomic E-state index is 12.4. The van der Waals surface area contributed by atoms with Gasteiger partial charge in [0, 0.05) is 5.02 Å². The summed E-state index contributed by atoms with van der Waals surface area (Å²) in [5, 5.41) is 0.424. The van der Waals surface area contributed by atoms with E-state index in [2.05, 4.69) is 13.8 Å². The highest BCUT2D eigenvalue weighted by Crippen LogP contribution is 2.26. The van der Waals surface area contributed by atoms with Crippen LogP contribution in [-0.2, 0) is 15.6 Å². The molecule has 2 aromatic rings. The van der Waals surface area contributed by atoms with Gasteiger partial charge in [0.25, 0.3) is 0 Å². The zero-order valence-electron chi connectivity index (χ0n) is 12.0. The molecule has 3 nitrogen and oxygen atoms in total. The van der Waals surface area contributed by atoms with Crippen LogP contribution >= 0.6 is 11.6 Å². The molecule has 0 unspecified atom stereocenters. The zero-order chi connectivity index (χ0) is 15.6. The van der Waals surface area contributed by atoms with Gasteiger partial charge < -0.3 is 5.73 Å². The van der Waals surface area contributed by atoms with Crippen LogP contribution in [0.4, 0.5) is 5.69 Å². The lowest BCUT2D eigenvalue weighted by molar-refractivity contribution is 0.595. The summed E-state index contributed by atoms with van der Waals surface area (Å²) in [6.07, 6.45) is 0. The number of hydrogen-bond acceptors (Lipinski definition) is 3. The molecule has 0 aliphatic heterocycles. The molecule has 0 fully saturated rings. The second-order valence-corrected chi connectivity index (χ2v) is 7.73. The van der Waals surface area contributed by atoms with Crippen molar-refractivity contribution in [1.29, 1.82) is 0 Å². The Morgan fingerprint density at radius 3 is 2.24 bits per heavy atom. The van der Waals surface area contributed by atoms with E-state index in [-0.39, 0.29) is 16.3 Å². The highest BCUT2D eigenvalue weighted by atomic mass is 35.5. The van der Waals surface area contributed by atoms with Gasteiger partial charge in [0.05, 0.1) is 16.3 Å². The molecule has 5 heteroatoms. The zero-order valence-corrected chi connectivity index (χ0v) is 13.6. The van der Waals surface area contributed by atoms with Crippen LogP contribution in [0.3, 0.4) is 0 Å². The van der Waals surface area contributed by atoms with Crippen molar-refractivity contribution < 1.29 is 8.42 Å². The average Bonchev–Trinajstić information content (AvgIpc) is 2.38. The van der Waals surface area contributed by atoms with E-state index in [0.717, 1.165) is 5.56 Å². The fraction of sp³-hybridized carbons (Fsp3) is 0.250. The fourth-order valence-electron chi connectivity index (χ4n) is 2.10. The Hall–Kier alpha value is -1.52. The number of halogens is 1. The van der Waals surface area contributed by atoms with Crippen LogP contribution < -0.4 is 5.73 Å². The molecule has 0 aliphatic carbocycles. The van der Waals surface area contributed by atoms with E-state index in [4.69, 9.17) is 17.3 Å². The van der Waals surface area contributed by atoms with Gasteiger partial charge in [-0.3, -0.25) is 0 Å². The summed E-state index contributed by atoms with van der Waals surface area (Å²) in [5.74, 6) is 0.347. The average molecular weight is 324 g/mol. The Bertz CT molecular complexity index is 737. The van der Waals surface area contributed by atoms with Crippen molar-refractivity contribution in [2.24, 2.45) is 0 Å². The van der Waals surface area contributed by atoms with Crippen LogP contribution in [-0.4, -0.2) is 8.42 Å². The number of anilines is 1. The summed E-state index contributed by atoms with van der Waals surface area (Å²) >= 11 is 5.80. The first-order valence-electron chi connectivity index (χ1n) is 6.66. The standard InChI is InChI=1S/C16H18ClNO2S/c1-11(2)13-5-3-12(4-6-13)10-21(19,20)16-8-7-14(17)9-15(16)18/h3-9,11H,10,18H2,1-2H3. The molecule has 2 N–H and O–H groups in total. The monoisotopic (exact) mass is 323 g/mol. The summed E-state index contributed by atoms with van der Waals surface area (Å²) < 4.78 is 24.9. The Morgan fingerprint density at radius 2 is 1.71 bits per heavy atom. The quantitative estimate of drug-likeness (QED) is 0.864. The van der Waals surface area contributed by atoms with Gasteiger partial charge in [-0.25, -0.2) is 8.42 Å². The molecule has 0 saturated heterocycles. The minimum absolute atomic E-state index is 0.0722. The Labute approximate surface area is 130 Å². The van der Waals surface area contributed by atoms with Gasteiger partial charge in [-0.2, -0.15) is 0 Å². The van der Waals surface area contributed by atoms with E-state index in [0.29, 0.717) is 10.9 Å². The van der Waals surface area contributed by atoms with Crippen LogP contribution in [0.5, 0.6) is 0 Å². The third kappa shape index (κ3) is 3.77. The highest BCUT2D eigenvalue weighted by molar-refractivity contribution is 7.90. The van der Waals surface area contributed by atoms with E-state index in [9.17, 15) is 8.42 Å². The van der Waals surface area contributed by atoms with Crippen molar-refractivity contribution >= 4 is 27.1 Å². The van der Waals surface area contributed by atoms with E-state index >= 15 is 0 Å². The topological polar surface area (TPSA) is 60.2 Å². The van der Waals surface area contributed by atoms with Crippen LogP contribution in [0.2, 0.25) is 5.02 Å². The summed E-state index contributed by atoms with van der Waals surface area (Å²) in [6, 6.07) is 12.1. The van der Waals surface area contributed by atoms with Gasteiger partial charge in [-0.05, 0) is 35.2 Å². The highest BCUT2D eigenvalue weighted by Gasteiger charge is 2.18. The molecule has 0 aliphatic rings. The first kappa shape index (κ1) is 15.9. The normalized spacial score (nSPS) is 11.8. The minimum atomic E-state index is -3.48. The van der Waals surface area contributed by atoms with Crippen molar-refractivity contribution in [1.82, 2.24) is 0 Å². The molecule has 2 rings (SSSR count). The van der Waals surface area contributed by atoms with Crippen LogP contribution in [0, 0.1) is 0 Å². The molecule has 21 heavy (non-hydrogen) atoms. The fourth-order valence-corrected chi connectivity index (χ4v) is 3.76. The van der Waals surface area contributed by atoms with Gasteiger partial charge in [0.1, 0.15) is 0 Å². The summed E-state index contributed by atoms with van der Waals surface area (Å²) in [6.45, 7) is 4.19. The lowest BCUT2D eigenvalue weighted by Crippen LogP contribution is -2.08. The third-order valence-corrected chi connectivity index (χ3v) is 5.30. The molecule has 0 radical (unpaired) electrons. The molecule has 0 atom stereocenters. The minimum Gasteiger partial charge on any atom is -0.398 e. The van der Waals surface area contributed by atoms with Crippen LogP contribution in [0.1, 0.15) is 30.9 Å². The van der Waals surface area contributed by atoms with Crippen molar-refractivity contribution in [2.75, 3.05) is 5.73 Å². The molecule has 0 saturated carbocycles. The number of nitrogen functional groups attached to an aromatic ring is 1. The van der Waals surface area contributed by atoms with Crippen molar-refractivity contribution in [3.8, 4) is 0 Å². The molecule has 0 bridgehead atoms. The van der Waals surface area contributed by atoms with Crippen LogP contribution in [0.15, 0.2) is 47.4 Å². The lowest BCUT2D eigenvalue weighted by atomic mass is 10.0. The maximum absolute atomic E-state index is 12.4. The SMILES string of the molecule is CC(C)c1ccc(CS(=O)(=O)c2ccc(Cl)cc2N)cc1. The molecule has 0 spiro atoms. The summed E-state index contributed by atoms with van der Waals surface area (Å²) in [4.78, 5) is 0.125. The summed E-state index contributed by atoms with van der Waals surface area (Å²) in [5.41, 5.74) is 7.87. The molecule has 2 aromatic carbocycles. The van der Waals surface area contributed by atoms with Crippen molar-refractivity contribution in [3.63, 3.8) is 0 Å². The van der Waals surface area contributed by atoms with E-state index in [1.165, 1.54) is 23.8 Å². The number of sulfone groups is 1. The van der Waals surface area contributed by atoms with Gasteiger partial charge in [0.15, 0.2) is 9.84 Å². The Kier molecular flexibility index (Phi) is 4.59. The second kappa shape index (κ2) is 6.08. The third-order valence-electron chi connectivity index (χ3n) is 3.31. The van der Waals surface area contributed by atoms with E-state index < -0.39 is 9.84 Å². The maximum Gasteiger partial charge on any atom is 0.184 e. The number of rotatable bonds is 4. The number of hydrogen-bond donors (Lipinski definition) is 1. The number of nitrogens with two attached hydrogens (primary N) is 1. The molecule has 0 amide bonds. The predicted octanol–water partition coefficient (Wildman–Crippen LogP) is 4.02. The molecule has 0 aromatic heterocycles. The van der Waals surface area contributed by atoms with Gasteiger partial charge in [-0.15, -0.1) is 0 Å². The molecule has 0 heterocycles. The largest absolute Gasteiger partial charge is 0.398 e. The molecular formula is C16H18ClNO2S. The van der Waals surface area contributed by atoms with Crippen molar-refractivity contribution in [3.05, 3.63) is 58.6 Å². The lowest BCUT2D eigenvalue weighted by Gasteiger charge is -2.09. The van der Waals surface area contributed by atoms with E-state index in [1.807, 2.05) is 24.3 Å². The Balaban J connectivity index is 2.28. The van der Waals surface area contributed by atoms with Gasteiger partial charge in [0.2, 0.25) is 0 Å². The predicted molar refractivity (Wildman–Crippen MR) is 87.3 cm³/mol. The van der Waals surface area contributed by atoms with Gasteiger partial charge in [-0.1, -0.05) is 49.7 Å².